The van der Waals surface area contributed by atoms with Gasteiger partial charge in [-0.15, -0.1) is 0 Å². The maximum atomic E-state index is 13.5. The Balaban J connectivity index is 1.59. The smallest absolute Gasteiger partial charge is 0.322 e. The maximum absolute atomic E-state index is 13.5. The molecule has 0 spiro atoms. The highest BCUT2D eigenvalue weighted by molar-refractivity contribution is 5.89. The van der Waals surface area contributed by atoms with E-state index in [1.807, 2.05) is 0 Å². The fourth-order valence-corrected chi connectivity index (χ4v) is 2.31. The second kappa shape index (κ2) is 6.55. The van der Waals surface area contributed by atoms with E-state index in [-0.39, 0.29) is 12.1 Å². The van der Waals surface area contributed by atoms with E-state index in [1.54, 1.807) is 18.5 Å². The normalized spacial score (nSPS) is 17.1. The Morgan fingerprint density at radius 1 is 1.22 bits per heavy atom. The molecule has 1 atom stereocenters. The Kier molecular flexibility index (Phi) is 4.31. The molecule has 1 aliphatic rings. The summed E-state index contributed by atoms with van der Waals surface area (Å²) in [6.45, 7) is 0.708. The first-order chi connectivity index (χ1) is 11.1. The summed E-state index contributed by atoms with van der Waals surface area (Å²) < 4.78 is 32.7. The van der Waals surface area contributed by atoms with Crippen molar-refractivity contribution in [3.8, 4) is 6.01 Å². The summed E-state index contributed by atoms with van der Waals surface area (Å²) in [7, 11) is 0. The van der Waals surface area contributed by atoms with Crippen LogP contribution in [0.5, 0.6) is 6.01 Å². The Morgan fingerprint density at radius 3 is 2.61 bits per heavy atom. The second-order valence-corrected chi connectivity index (χ2v) is 5.03. The molecule has 3 rings (SSSR count). The molecular formula is C15H14F2N4O2. The second-order valence-electron chi connectivity index (χ2n) is 5.03. The van der Waals surface area contributed by atoms with Crippen LogP contribution in [0.3, 0.4) is 0 Å². The van der Waals surface area contributed by atoms with Crippen molar-refractivity contribution < 1.29 is 18.3 Å². The number of ether oxygens (including phenoxy) is 1. The minimum absolute atomic E-state index is 0.236. The lowest BCUT2D eigenvalue weighted by Crippen LogP contribution is -2.35. The minimum atomic E-state index is -0.817. The zero-order valence-electron chi connectivity index (χ0n) is 12.1. The largest absolute Gasteiger partial charge is 0.458 e. The fraction of sp³-hybridized carbons (Fsp3) is 0.267. The van der Waals surface area contributed by atoms with E-state index in [4.69, 9.17) is 4.74 Å². The summed E-state index contributed by atoms with van der Waals surface area (Å²) in [4.78, 5) is 21.4. The molecule has 1 aromatic carbocycles. The summed E-state index contributed by atoms with van der Waals surface area (Å²) in [6.07, 6.45) is 3.45. The van der Waals surface area contributed by atoms with E-state index < -0.39 is 23.4 Å². The van der Waals surface area contributed by atoms with Gasteiger partial charge < -0.3 is 15.0 Å². The number of rotatable bonds is 3. The lowest BCUT2D eigenvalue weighted by molar-refractivity contribution is 0.184. The third-order valence-corrected chi connectivity index (χ3v) is 3.44. The van der Waals surface area contributed by atoms with Crippen LogP contribution in [0.25, 0.3) is 0 Å². The first-order valence-corrected chi connectivity index (χ1v) is 7.07. The van der Waals surface area contributed by atoms with Gasteiger partial charge in [-0.3, -0.25) is 0 Å². The average Bonchev–Trinajstić information content (AvgIpc) is 3.00. The number of halogens is 2. The third kappa shape index (κ3) is 3.53. The predicted octanol–water partition coefficient (Wildman–Crippen LogP) is 2.44. The highest BCUT2D eigenvalue weighted by atomic mass is 19.1. The number of carbonyl (C=O) groups excluding carboxylic acids is 1. The zero-order valence-corrected chi connectivity index (χ0v) is 12.1. The van der Waals surface area contributed by atoms with Crippen molar-refractivity contribution in [3.05, 3.63) is 48.3 Å². The van der Waals surface area contributed by atoms with Gasteiger partial charge in [0, 0.05) is 25.4 Å². The van der Waals surface area contributed by atoms with Crippen molar-refractivity contribution in [1.29, 1.82) is 0 Å². The van der Waals surface area contributed by atoms with E-state index in [9.17, 15) is 13.6 Å². The van der Waals surface area contributed by atoms with Crippen molar-refractivity contribution in [2.75, 3.05) is 18.4 Å². The van der Waals surface area contributed by atoms with Crippen LogP contribution in [0.2, 0.25) is 0 Å². The van der Waals surface area contributed by atoms with Crippen molar-refractivity contribution in [2.45, 2.75) is 12.5 Å². The molecule has 1 aliphatic heterocycles. The molecule has 2 heterocycles. The lowest BCUT2D eigenvalue weighted by Gasteiger charge is -2.18. The van der Waals surface area contributed by atoms with Crippen LogP contribution in [0, 0.1) is 11.6 Å². The monoisotopic (exact) mass is 320 g/mol. The molecule has 120 valence electrons. The number of urea groups is 1. The molecule has 1 N–H and O–H groups in total. The first-order valence-electron chi connectivity index (χ1n) is 7.07. The van der Waals surface area contributed by atoms with Gasteiger partial charge in [0.2, 0.25) is 0 Å². The fourth-order valence-electron chi connectivity index (χ4n) is 2.31. The van der Waals surface area contributed by atoms with Crippen molar-refractivity contribution >= 4 is 11.7 Å². The number of carbonyl (C=O) groups is 1. The van der Waals surface area contributed by atoms with Crippen LogP contribution in [0.15, 0.2) is 36.7 Å². The van der Waals surface area contributed by atoms with E-state index in [0.29, 0.717) is 19.5 Å². The van der Waals surface area contributed by atoms with E-state index >= 15 is 0 Å². The van der Waals surface area contributed by atoms with Gasteiger partial charge in [0.15, 0.2) is 0 Å². The van der Waals surface area contributed by atoms with Crippen molar-refractivity contribution in [1.82, 2.24) is 14.9 Å². The molecule has 1 saturated heterocycles. The molecule has 23 heavy (non-hydrogen) atoms. The summed E-state index contributed by atoms with van der Waals surface area (Å²) in [5.74, 6) is -1.63. The molecule has 6 nitrogen and oxygen atoms in total. The number of hydrogen-bond acceptors (Lipinski definition) is 4. The molecule has 0 aliphatic carbocycles. The highest BCUT2D eigenvalue weighted by Gasteiger charge is 2.29. The Labute approximate surface area is 131 Å². The van der Waals surface area contributed by atoms with Gasteiger partial charge in [0.25, 0.3) is 0 Å². The number of para-hydroxylation sites is 1. The molecule has 0 radical (unpaired) electrons. The van der Waals surface area contributed by atoms with Gasteiger partial charge >= 0.3 is 12.0 Å². The minimum Gasteiger partial charge on any atom is -0.458 e. The molecule has 0 bridgehead atoms. The molecule has 1 aromatic heterocycles. The topological polar surface area (TPSA) is 67.4 Å². The molecule has 1 fully saturated rings. The summed E-state index contributed by atoms with van der Waals surface area (Å²) in [5.41, 5.74) is -0.451. The third-order valence-electron chi connectivity index (χ3n) is 3.44. The molecule has 2 amide bonds. The van der Waals surface area contributed by atoms with Crippen LogP contribution in [0.4, 0.5) is 19.3 Å². The highest BCUT2D eigenvalue weighted by Crippen LogP contribution is 2.20. The van der Waals surface area contributed by atoms with Crippen molar-refractivity contribution in [2.24, 2.45) is 0 Å². The number of amides is 2. The zero-order chi connectivity index (χ0) is 16.2. The molecule has 2 aromatic rings. The number of nitrogens with one attached hydrogen (secondary N) is 1. The van der Waals surface area contributed by atoms with Crippen LogP contribution >= 0.6 is 0 Å². The first kappa shape index (κ1) is 15.1. The number of hydrogen-bond donors (Lipinski definition) is 1. The molecule has 0 unspecified atom stereocenters. The summed E-state index contributed by atoms with van der Waals surface area (Å²) in [6, 6.07) is 4.74. The maximum Gasteiger partial charge on any atom is 0.322 e. The van der Waals surface area contributed by atoms with Crippen molar-refractivity contribution in [3.63, 3.8) is 0 Å². The van der Waals surface area contributed by atoms with Crippen LogP contribution < -0.4 is 10.1 Å². The number of anilines is 1. The van der Waals surface area contributed by atoms with Gasteiger partial charge in [-0.2, -0.15) is 0 Å². The number of benzene rings is 1. The number of nitrogens with zero attached hydrogens (tertiary/aromatic N) is 3. The van der Waals surface area contributed by atoms with E-state index in [0.717, 1.165) is 12.1 Å². The van der Waals surface area contributed by atoms with Gasteiger partial charge in [0.05, 0.1) is 6.54 Å². The van der Waals surface area contributed by atoms with Gasteiger partial charge in [-0.25, -0.2) is 23.5 Å². The van der Waals surface area contributed by atoms with Crippen LogP contribution in [-0.2, 0) is 0 Å². The SMILES string of the molecule is O=C(Nc1c(F)cccc1F)N1CC[C@@H](Oc2ncccn2)C1. The standard InChI is InChI=1S/C15H14F2N4O2/c16-11-3-1-4-12(17)13(11)20-15(22)21-8-5-10(9-21)23-14-18-6-2-7-19-14/h1-4,6-7,10H,5,8-9H2,(H,20,22)/t10-/m1/s1. The number of aromatic nitrogens is 2. The van der Waals surface area contributed by atoms with E-state index in [1.165, 1.54) is 11.0 Å². The molecule has 0 saturated carbocycles. The predicted molar refractivity (Wildman–Crippen MR) is 78.0 cm³/mol. The number of likely N-dealkylation sites (tertiary alicyclic amines) is 1. The van der Waals surface area contributed by atoms with Crippen LogP contribution in [-0.4, -0.2) is 40.1 Å². The summed E-state index contributed by atoms with van der Waals surface area (Å²) in [5, 5.41) is 2.26. The average molecular weight is 320 g/mol. The van der Waals surface area contributed by atoms with Crippen LogP contribution in [0.1, 0.15) is 6.42 Å². The van der Waals surface area contributed by atoms with Gasteiger partial charge in [-0.1, -0.05) is 6.07 Å². The van der Waals surface area contributed by atoms with Gasteiger partial charge in [0.1, 0.15) is 23.4 Å². The Hall–Kier alpha value is -2.77. The summed E-state index contributed by atoms with van der Waals surface area (Å²) >= 11 is 0. The lowest BCUT2D eigenvalue weighted by atomic mass is 10.3. The Morgan fingerprint density at radius 2 is 1.91 bits per heavy atom. The molecular weight excluding hydrogens is 306 g/mol. The van der Waals surface area contributed by atoms with Gasteiger partial charge in [-0.05, 0) is 18.2 Å². The Bertz CT molecular complexity index is 679. The quantitative estimate of drug-likeness (QED) is 0.943. The molecule has 8 heteroatoms. The van der Waals surface area contributed by atoms with E-state index in [2.05, 4.69) is 15.3 Å².